The molecule has 10 heteroatoms. The molecule has 164 valence electrons. The van der Waals surface area contributed by atoms with Crippen LogP contribution in [0.3, 0.4) is 0 Å². The summed E-state index contributed by atoms with van der Waals surface area (Å²) in [6.45, 7) is 4.85. The highest BCUT2D eigenvalue weighted by molar-refractivity contribution is 7.78. The van der Waals surface area contributed by atoms with Crippen LogP contribution in [-0.4, -0.2) is 55.2 Å². The molecule has 0 aliphatic carbocycles. The fourth-order valence-electron chi connectivity index (χ4n) is 3.81. The molecule has 0 amide bonds. The maximum atomic E-state index is 11.2. The summed E-state index contributed by atoms with van der Waals surface area (Å²) in [5.74, 6) is 1.40. The number of hydrogen-bond donors (Lipinski definition) is 0. The monoisotopic (exact) mass is 466 g/mol. The van der Waals surface area contributed by atoms with Crippen molar-refractivity contribution in [3.8, 4) is 22.0 Å². The van der Waals surface area contributed by atoms with E-state index in [1.54, 1.807) is 17.5 Å². The molecule has 4 aromatic rings. The zero-order valence-corrected chi connectivity index (χ0v) is 19.0. The molecule has 1 aliphatic rings. The van der Waals surface area contributed by atoms with Crippen LogP contribution in [0.15, 0.2) is 42.6 Å². The van der Waals surface area contributed by atoms with E-state index >= 15 is 0 Å². The number of rotatable bonds is 5. The molecule has 4 heterocycles. The van der Waals surface area contributed by atoms with Gasteiger partial charge in [-0.3, -0.25) is 4.21 Å². The molecule has 0 radical (unpaired) electrons. The SMILES string of the molecule is Cc1c(-c2cccc(CS(=O)[O-])c2)sc2c(N3CCOCC3)nc(-c3cccnn3)nc12. The van der Waals surface area contributed by atoms with E-state index < -0.39 is 11.1 Å². The number of morpholine rings is 1. The summed E-state index contributed by atoms with van der Waals surface area (Å²) in [5, 5.41) is 8.18. The minimum absolute atomic E-state index is 0.00651. The molecular weight excluding hydrogens is 446 g/mol. The highest BCUT2D eigenvalue weighted by atomic mass is 32.2. The van der Waals surface area contributed by atoms with Crippen molar-refractivity contribution in [1.82, 2.24) is 20.2 Å². The Balaban J connectivity index is 1.69. The zero-order chi connectivity index (χ0) is 22.1. The van der Waals surface area contributed by atoms with Crippen LogP contribution in [0.2, 0.25) is 0 Å². The van der Waals surface area contributed by atoms with Crippen LogP contribution in [0, 0.1) is 6.92 Å². The van der Waals surface area contributed by atoms with Gasteiger partial charge in [0.1, 0.15) is 5.69 Å². The lowest BCUT2D eigenvalue weighted by Crippen LogP contribution is -2.36. The molecule has 32 heavy (non-hydrogen) atoms. The number of thiophene rings is 1. The summed E-state index contributed by atoms with van der Waals surface area (Å²) >= 11 is -0.502. The van der Waals surface area contributed by atoms with E-state index in [0.29, 0.717) is 24.7 Å². The predicted molar refractivity (Wildman–Crippen MR) is 124 cm³/mol. The van der Waals surface area contributed by atoms with Gasteiger partial charge in [0.25, 0.3) is 0 Å². The molecule has 0 saturated carbocycles. The third-order valence-corrected chi connectivity index (χ3v) is 7.23. The van der Waals surface area contributed by atoms with Gasteiger partial charge in [0.05, 0.1) is 23.4 Å². The quantitative estimate of drug-likeness (QED) is 0.413. The highest BCUT2D eigenvalue weighted by Crippen LogP contribution is 2.42. The molecule has 0 N–H and O–H groups in total. The van der Waals surface area contributed by atoms with Gasteiger partial charge in [-0.1, -0.05) is 29.3 Å². The second-order valence-electron chi connectivity index (χ2n) is 7.46. The van der Waals surface area contributed by atoms with Crippen molar-refractivity contribution in [2.45, 2.75) is 12.7 Å². The fourth-order valence-corrected chi connectivity index (χ4v) is 5.52. The van der Waals surface area contributed by atoms with Gasteiger partial charge >= 0.3 is 0 Å². The van der Waals surface area contributed by atoms with Gasteiger partial charge in [0.2, 0.25) is 0 Å². The van der Waals surface area contributed by atoms with E-state index in [0.717, 1.165) is 50.7 Å². The smallest absolute Gasteiger partial charge is 0.182 e. The Labute approximate surface area is 191 Å². The van der Waals surface area contributed by atoms with Gasteiger partial charge in [-0.2, -0.15) is 5.10 Å². The average molecular weight is 467 g/mol. The van der Waals surface area contributed by atoms with Crippen molar-refractivity contribution in [1.29, 1.82) is 0 Å². The Kier molecular flexibility index (Phi) is 5.92. The second-order valence-corrected chi connectivity index (χ2v) is 9.38. The van der Waals surface area contributed by atoms with Gasteiger partial charge in [0, 0.05) is 29.9 Å². The van der Waals surface area contributed by atoms with Crippen LogP contribution in [0.1, 0.15) is 11.1 Å². The molecule has 1 aromatic carbocycles. The van der Waals surface area contributed by atoms with E-state index in [-0.39, 0.29) is 5.75 Å². The molecule has 1 saturated heterocycles. The van der Waals surface area contributed by atoms with Gasteiger partial charge < -0.3 is 14.2 Å². The second kappa shape index (κ2) is 8.99. The van der Waals surface area contributed by atoms with Gasteiger partial charge in [-0.25, -0.2) is 9.97 Å². The minimum Gasteiger partial charge on any atom is -0.772 e. The summed E-state index contributed by atoms with van der Waals surface area (Å²) in [7, 11) is 0. The Morgan fingerprint density at radius 3 is 2.78 bits per heavy atom. The number of aryl methyl sites for hydroxylation is 1. The van der Waals surface area contributed by atoms with Crippen molar-refractivity contribution in [2.24, 2.45) is 0 Å². The lowest BCUT2D eigenvalue weighted by atomic mass is 10.1. The van der Waals surface area contributed by atoms with E-state index in [9.17, 15) is 8.76 Å². The average Bonchev–Trinajstić information content (AvgIpc) is 3.16. The number of ether oxygens (including phenoxy) is 1. The van der Waals surface area contributed by atoms with Gasteiger partial charge in [0.15, 0.2) is 11.6 Å². The normalized spacial score (nSPS) is 15.2. The summed E-state index contributed by atoms with van der Waals surface area (Å²) in [5.41, 5.74) is 4.26. The van der Waals surface area contributed by atoms with Crippen molar-refractivity contribution in [3.63, 3.8) is 0 Å². The minimum atomic E-state index is -2.13. The van der Waals surface area contributed by atoms with E-state index in [4.69, 9.17) is 14.7 Å². The van der Waals surface area contributed by atoms with Crippen LogP contribution in [-0.2, 0) is 21.6 Å². The first-order valence-electron chi connectivity index (χ1n) is 10.2. The summed E-state index contributed by atoms with van der Waals surface area (Å²) in [4.78, 5) is 13.0. The molecule has 0 bridgehead atoms. The standard InChI is InChI=1S/C22H21N5O3S2/c1-14-18-20(31-19(14)16-5-2-4-15(12-16)13-32(28)29)22(27-8-10-30-11-9-27)25-21(24-18)17-6-3-7-23-26-17/h2-7,12H,8-11,13H2,1H3,(H,28,29)/p-1. The number of aromatic nitrogens is 4. The highest BCUT2D eigenvalue weighted by Gasteiger charge is 2.23. The molecular formula is C22H20N5O3S2-. The van der Waals surface area contributed by atoms with Gasteiger partial charge in [-0.05, 0) is 41.8 Å². The van der Waals surface area contributed by atoms with Gasteiger partial charge in [-0.15, -0.1) is 16.4 Å². The predicted octanol–water partition coefficient (Wildman–Crippen LogP) is 3.34. The molecule has 5 rings (SSSR count). The summed E-state index contributed by atoms with van der Waals surface area (Å²) < 4.78 is 28.9. The number of anilines is 1. The number of nitrogens with zero attached hydrogens (tertiary/aromatic N) is 5. The third kappa shape index (κ3) is 4.14. The lowest BCUT2D eigenvalue weighted by Gasteiger charge is -2.28. The molecule has 1 unspecified atom stereocenters. The van der Waals surface area contributed by atoms with E-state index in [1.807, 2.05) is 43.3 Å². The van der Waals surface area contributed by atoms with E-state index in [2.05, 4.69) is 15.1 Å². The molecule has 1 atom stereocenters. The summed E-state index contributed by atoms with van der Waals surface area (Å²) in [6, 6.07) is 11.3. The number of hydrogen-bond acceptors (Lipinski definition) is 9. The fraction of sp³-hybridized carbons (Fsp3) is 0.273. The molecule has 0 spiro atoms. The van der Waals surface area contributed by atoms with Crippen molar-refractivity contribution >= 4 is 38.5 Å². The van der Waals surface area contributed by atoms with Crippen molar-refractivity contribution in [2.75, 3.05) is 31.2 Å². The van der Waals surface area contributed by atoms with E-state index in [1.165, 1.54) is 0 Å². The maximum absolute atomic E-state index is 11.2. The summed E-state index contributed by atoms with van der Waals surface area (Å²) in [6.07, 6.45) is 1.63. The van der Waals surface area contributed by atoms with Crippen molar-refractivity contribution < 1.29 is 13.5 Å². The number of fused-ring (bicyclic) bond motifs is 1. The molecule has 8 nitrogen and oxygen atoms in total. The third-order valence-electron chi connectivity index (χ3n) is 5.33. The van der Waals surface area contributed by atoms with Crippen LogP contribution < -0.4 is 4.90 Å². The largest absolute Gasteiger partial charge is 0.772 e. The Hall–Kier alpha value is -2.79. The van der Waals surface area contributed by atoms with Crippen LogP contribution in [0.25, 0.3) is 32.2 Å². The van der Waals surface area contributed by atoms with Crippen LogP contribution in [0.4, 0.5) is 5.82 Å². The zero-order valence-electron chi connectivity index (χ0n) is 17.4. The first-order chi connectivity index (χ1) is 15.6. The molecule has 1 fully saturated rings. The Morgan fingerprint density at radius 2 is 2.03 bits per heavy atom. The van der Waals surface area contributed by atoms with Crippen LogP contribution in [0.5, 0.6) is 0 Å². The Bertz CT molecular complexity index is 1290. The molecule has 3 aromatic heterocycles. The number of benzene rings is 1. The van der Waals surface area contributed by atoms with Crippen LogP contribution >= 0.6 is 11.3 Å². The Morgan fingerprint density at radius 1 is 1.19 bits per heavy atom. The lowest BCUT2D eigenvalue weighted by molar-refractivity contribution is 0.122. The topological polar surface area (TPSA) is 104 Å². The first kappa shape index (κ1) is 21.1. The maximum Gasteiger partial charge on any atom is 0.182 e. The first-order valence-corrected chi connectivity index (χ1v) is 12.2. The van der Waals surface area contributed by atoms with Crippen molar-refractivity contribution in [3.05, 3.63) is 53.7 Å². The molecule has 1 aliphatic heterocycles.